The lowest BCUT2D eigenvalue weighted by Crippen LogP contribution is -2.43. The Morgan fingerprint density at radius 3 is 2.48 bits per heavy atom. The van der Waals surface area contributed by atoms with Crippen molar-refractivity contribution in [3.05, 3.63) is 59.2 Å². The first kappa shape index (κ1) is 19.4. The Bertz CT molecular complexity index is 949. The molecule has 3 N–H and O–H groups in total. The highest BCUT2D eigenvalue weighted by molar-refractivity contribution is 7.92. The van der Waals surface area contributed by atoms with Crippen LogP contribution in [0.25, 0.3) is 0 Å². The molecule has 0 aliphatic carbocycles. The fourth-order valence-corrected chi connectivity index (χ4v) is 4.64. The second kappa shape index (κ2) is 7.70. The van der Waals surface area contributed by atoms with Crippen molar-refractivity contribution in [2.45, 2.75) is 37.6 Å². The maximum absolute atomic E-state index is 12.9. The number of benzene rings is 2. The minimum Gasteiger partial charge on any atom is -0.338 e. The molecule has 27 heavy (non-hydrogen) atoms. The van der Waals surface area contributed by atoms with Gasteiger partial charge < -0.3 is 10.6 Å². The van der Waals surface area contributed by atoms with Gasteiger partial charge in [0.15, 0.2) is 0 Å². The molecule has 0 radical (unpaired) electrons. The second-order valence-electron chi connectivity index (χ2n) is 7.05. The summed E-state index contributed by atoms with van der Waals surface area (Å²) >= 11 is 0. The Kier molecular flexibility index (Phi) is 5.53. The number of piperidine rings is 1. The van der Waals surface area contributed by atoms with Gasteiger partial charge in [0.1, 0.15) is 0 Å². The molecule has 6 nitrogen and oxygen atoms in total. The zero-order valence-electron chi connectivity index (χ0n) is 15.6. The number of hydrogen-bond donors (Lipinski definition) is 2. The first-order valence-electron chi connectivity index (χ1n) is 9.02. The summed E-state index contributed by atoms with van der Waals surface area (Å²) in [7, 11) is -3.80. The van der Waals surface area contributed by atoms with E-state index in [1.165, 1.54) is 0 Å². The van der Waals surface area contributed by atoms with Crippen LogP contribution in [0.1, 0.15) is 34.3 Å². The number of para-hydroxylation sites is 1. The molecular formula is C20H25N3O3S. The van der Waals surface area contributed by atoms with Gasteiger partial charge in [0.05, 0.1) is 16.1 Å². The summed E-state index contributed by atoms with van der Waals surface area (Å²) in [6.07, 6.45) is 1.50. The predicted octanol–water partition coefficient (Wildman–Crippen LogP) is 2.67. The van der Waals surface area contributed by atoms with Gasteiger partial charge in [-0.1, -0.05) is 24.3 Å². The minimum absolute atomic E-state index is 0.118. The van der Waals surface area contributed by atoms with Crippen LogP contribution in [0.4, 0.5) is 5.69 Å². The van der Waals surface area contributed by atoms with Gasteiger partial charge in [-0.15, -0.1) is 0 Å². The molecule has 2 aromatic rings. The van der Waals surface area contributed by atoms with Gasteiger partial charge >= 0.3 is 0 Å². The molecule has 3 rings (SSSR count). The number of nitrogens with zero attached hydrogens (tertiary/aromatic N) is 1. The topological polar surface area (TPSA) is 92.5 Å². The lowest BCUT2D eigenvalue weighted by molar-refractivity contribution is 0.0716. The SMILES string of the molecule is Cc1ccc(C)c(S(=O)(=O)Nc2ccccc2C(=O)N2CCC(N)CC2)c1. The Hall–Kier alpha value is -2.38. The van der Waals surface area contributed by atoms with Crippen molar-refractivity contribution >= 4 is 21.6 Å². The van der Waals surface area contributed by atoms with Crippen LogP contribution in [0.5, 0.6) is 0 Å². The summed E-state index contributed by atoms with van der Waals surface area (Å²) in [6, 6.07) is 12.1. The summed E-state index contributed by atoms with van der Waals surface area (Å²) < 4.78 is 28.4. The Labute approximate surface area is 160 Å². The normalized spacial score (nSPS) is 15.6. The molecule has 0 aromatic heterocycles. The van der Waals surface area contributed by atoms with Gasteiger partial charge in [-0.2, -0.15) is 0 Å². The van der Waals surface area contributed by atoms with E-state index in [2.05, 4.69) is 4.72 Å². The van der Waals surface area contributed by atoms with Crippen molar-refractivity contribution in [1.29, 1.82) is 0 Å². The van der Waals surface area contributed by atoms with Gasteiger partial charge in [-0.25, -0.2) is 8.42 Å². The molecule has 1 heterocycles. The highest BCUT2D eigenvalue weighted by atomic mass is 32.2. The number of likely N-dealkylation sites (tertiary alicyclic amines) is 1. The average Bonchev–Trinajstić information content (AvgIpc) is 2.64. The molecule has 0 unspecified atom stereocenters. The molecule has 0 spiro atoms. The van der Waals surface area contributed by atoms with Crippen molar-refractivity contribution in [1.82, 2.24) is 4.90 Å². The maximum Gasteiger partial charge on any atom is 0.262 e. The quantitative estimate of drug-likeness (QED) is 0.844. The fourth-order valence-electron chi connectivity index (χ4n) is 3.23. The van der Waals surface area contributed by atoms with Crippen LogP contribution >= 0.6 is 0 Å². The number of carbonyl (C=O) groups excluding carboxylic acids is 1. The third kappa shape index (κ3) is 4.31. The number of aryl methyl sites for hydroxylation is 2. The molecule has 2 aromatic carbocycles. The van der Waals surface area contributed by atoms with E-state index in [0.717, 1.165) is 18.4 Å². The molecule has 144 valence electrons. The van der Waals surface area contributed by atoms with Crippen LogP contribution in [-0.2, 0) is 10.0 Å². The highest BCUT2D eigenvalue weighted by Gasteiger charge is 2.25. The third-order valence-electron chi connectivity index (χ3n) is 4.86. The molecule has 0 saturated carbocycles. The fraction of sp³-hybridized carbons (Fsp3) is 0.350. The lowest BCUT2D eigenvalue weighted by atomic mass is 10.0. The van der Waals surface area contributed by atoms with E-state index in [9.17, 15) is 13.2 Å². The number of carbonyl (C=O) groups is 1. The molecule has 1 aliphatic rings. The summed E-state index contributed by atoms with van der Waals surface area (Å²) in [5.74, 6) is -0.179. The summed E-state index contributed by atoms with van der Waals surface area (Å²) in [5, 5.41) is 0. The largest absolute Gasteiger partial charge is 0.338 e. The third-order valence-corrected chi connectivity index (χ3v) is 6.37. The van der Waals surface area contributed by atoms with Gasteiger partial charge in [-0.05, 0) is 56.0 Å². The van der Waals surface area contributed by atoms with Crippen molar-refractivity contribution in [2.75, 3.05) is 17.8 Å². The molecular weight excluding hydrogens is 362 g/mol. The van der Waals surface area contributed by atoms with Crippen molar-refractivity contribution in [3.63, 3.8) is 0 Å². The van der Waals surface area contributed by atoms with Crippen LogP contribution in [0.15, 0.2) is 47.4 Å². The zero-order valence-corrected chi connectivity index (χ0v) is 16.4. The number of amides is 1. The summed E-state index contributed by atoms with van der Waals surface area (Å²) in [5.41, 5.74) is 8.06. The van der Waals surface area contributed by atoms with Crippen LogP contribution in [-0.4, -0.2) is 38.4 Å². The number of hydrogen-bond acceptors (Lipinski definition) is 4. The van der Waals surface area contributed by atoms with Crippen molar-refractivity contribution in [2.24, 2.45) is 5.73 Å². The monoisotopic (exact) mass is 387 g/mol. The average molecular weight is 388 g/mol. The smallest absolute Gasteiger partial charge is 0.262 e. The summed E-state index contributed by atoms with van der Waals surface area (Å²) in [6.45, 7) is 4.76. The lowest BCUT2D eigenvalue weighted by Gasteiger charge is -2.30. The predicted molar refractivity (Wildman–Crippen MR) is 106 cm³/mol. The number of sulfonamides is 1. The van der Waals surface area contributed by atoms with Crippen LogP contribution in [0.3, 0.4) is 0 Å². The van der Waals surface area contributed by atoms with E-state index in [-0.39, 0.29) is 16.8 Å². The Balaban J connectivity index is 1.90. The van der Waals surface area contributed by atoms with E-state index in [4.69, 9.17) is 5.73 Å². The van der Waals surface area contributed by atoms with Gasteiger partial charge in [0, 0.05) is 19.1 Å². The number of anilines is 1. The molecule has 1 aliphatic heterocycles. The first-order chi connectivity index (χ1) is 12.8. The number of nitrogens with one attached hydrogen (secondary N) is 1. The minimum atomic E-state index is -3.80. The molecule has 1 saturated heterocycles. The van der Waals surface area contributed by atoms with E-state index < -0.39 is 10.0 Å². The number of nitrogens with two attached hydrogens (primary N) is 1. The van der Waals surface area contributed by atoms with Crippen LogP contribution in [0, 0.1) is 13.8 Å². The van der Waals surface area contributed by atoms with E-state index in [1.807, 2.05) is 13.0 Å². The summed E-state index contributed by atoms with van der Waals surface area (Å²) in [4.78, 5) is 14.9. The number of rotatable bonds is 4. The molecule has 0 bridgehead atoms. The maximum atomic E-state index is 12.9. The van der Waals surface area contributed by atoms with E-state index in [0.29, 0.717) is 29.9 Å². The first-order valence-corrected chi connectivity index (χ1v) is 10.5. The van der Waals surface area contributed by atoms with Gasteiger partial charge in [0.2, 0.25) is 0 Å². The molecule has 7 heteroatoms. The standard InChI is InChI=1S/C20H25N3O3S/c1-14-7-8-15(2)19(13-14)27(25,26)22-18-6-4-3-5-17(18)20(24)23-11-9-16(21)10-12-23/h3-8,13,16,22H,9-12,21H2,1-2H3. The van der Waals surface area contributed by atoms with Crippen molar-refractivity contribution in [3.8, 4) is 0 Å². The van der Waals surface area contributed by atoms with Crippen LogP contribution in [0.2, 0.25) is 0 Å². The molecule has 1 fully saturated rings. The van der Waals surface area contributed by atoms with Crippen molar-refractivity contribution < 1.29 is 13.2 Å². The highest BCUT2D eigenvalue weighted by Crippen LogP contribution is 2.25. The molecule has 0 atom stereocenters. The zero-order chi connectivity index (χ0) is 19.6. The van der Waals surface area contributed by atoms with E-state index in [1.54, 1.807) is 48.2 Å². The van der Waals surface area contributed by atoms with Gasteiger partial charge in [-0.3, -0.25) is 9.52 Å². The second-order valence-corrected chi connectivity index (χ2v) is 8.70. The van der Waals surface area contributed by atoms with Crippen LogP contribution < -0.4 is 10.5 Å². The molecule has 1 amide bonds. The Morgan fingerprint density at radius 1 is 1.11 bits per heavy atom. The Morgan fingerprint density at radius 2 is 1.78 bits per heavy atom. The van der Waals surface area contributed by atoms with Gasteiger partial charge in [0.25, 0.3) is 15.9 Å². The van der Waals surface area contributed by atoms with E-state index >= 15 is 0 Å².